The van der Waals surface area contributed by atoms with Gasteiger partial charge in [-0.3, -0.25) is 28.7 Å². The highest BCUT2D eigenvalue weighted by Gasteiger charge is 2.46. The molecule has 43 heavy (non-hydrogen) atoms. The number of imidazole rings is 2. The quantitative estimate of drug-likeness (QED) is 0.0959. The number of ether oxygens (including phenoxy) is 3. The topological polar surface area (TPSA) is 298 Å². The molecule has 7 heterocycles. The van der Waals surface area contributed by atoms with E-state index in [9.17, 15) is 24.9 Å². The fraction of sp³-hybridized carbons (Fsp3) is 0.455. The van der Waals surface area contributed by atoms with Crippen molar-refractivity contribution in [2.24, 2.45) is 0 Å². The molecule has 5 aromatic heterocycles. The highest BCUT2D eigenvalue weighted by molar-refractivity contribution is 5.71. The van der Waals surface area contributed by atoms with Gasteiger partial charge in [-0.1, -0.05) is 5.21 Å². The minimum atomic E-state index is -1.30. The van der Waals surface area contributed by atoms with Gasteiger partial charge in [-0.25, -0.2) is 14.6 Å². The van der Waals surface area contributed by atoms with Gasteiger partial charge < -0.3 is 41.0 Å². The van der Waals surface area contributed by atoms with Crippen molar-refractivity contribution in [2.75, 3.05) is 18.1 Å². The molecule has 0 amide bonds. The number of rotatable bonds is 7. The second-order valence-corrected chi connectivity index (χ2v) is 10.0. The summed E-state index contributed by atoms with van der Waals surface area (Å²) in [6.45, 7) is -0.624. The highest BCUT2D eigenvalue weighted by Crippen LogP contribution is 2.36. The van der Waals surface area contributed by atoms with E-state index in [1.54, 1.807) is 0 Å². The van der Waals surface area contributed by atoms with Crippen LogP contribution in [0.3, 0.4) is 0 Å². The zero-order chi connectivity index (χ0) is 30.0. The molecule has 0 saturated carbocycles. The molecule has 0 unspecified atom stereocenters. The molecule has 226 valence electrons. The van der Waals surface area contributed by atoms with Crippen molar-refractivity contribution in [3.05, 3.63) is 45.3 Å². The molecule has 2 aliphatic rings. The Labute approximate surface area is 237 Å². The lowest BCUT2D eigenvalue weighted by atomic mass is 10.1. The predicted molar refractivity (Wildman–Crippen MR) is 141 cm³/mol. The van der Waals surface area contributed by atoms with Crippen LogP contribution in [0, 0.1) is 0 Å². The summed E-state index contributed by atoms with van der Waals surface area (Å²) in [5.74, 6) is -0.225. The first-order valence-electron chi connectivity index (χ1n) is 13.0. The lowest BCUT2D eigenvalue weighted by Crippen LogP contribution is -2.36. The number of anilines is 2. The molecule has 0 aromatic carbocycles. The number of nitrogens with two attached hydrogens (primary N) is 2. The smallest absolute Gasteiger partial charge is 0.280 e. The van der Waals surface area contributed by atoms with Crippen molar-refractivity contribution in [3.8, 4) is 0 Å². The van der Waals surface area contributed by atoms with Gasteiger partial charge in [-0.05, 0) is 0 Å². The van der Waals surface area contributed by atoms with Crippen molar-refractivity contribution in [2.45, 2.75) is 56.1 Å². The summed E-state index contributed by atoms with van der Waals surface area (Å²) < 4.78 is 21.9. The van der Waals surface area contributed by atoms with E-state index in [2.05, 4.69) is 40.2 Å². The summed E-state index contributed by atoms with van der Waals surface area (Å²) in [4.78, 5) is 45.3. The fourth-order valence-electron chi connectivity index (χ4n) is 5.32. The zero-order valence-electron chi connectivity index (χ0n) is 22.0. The molecule has 0 aliphatic carbocycles. The number of nitrogen functional groups attached to an aromatic ring is 2. The predicted octanol–water partition coefficient (Wildman–Crippen LogP) is -3.38. The van der Waals surface area contributed by atoms with E-state index < -0.39 is 60.8 Å². The summed E-state index contributed by atoms with van der Waals surface area (Å²) in [6.07, 6.45) is -2.70. The molecule has 7 rings (SSSR count). The summed E-state index contributed by atoms with van der Waals surface area (Å²) >= 11 is 0. The number of hydrogen-bond donors (Lipinski definition) is 7. The van der Waals surface area contributed by atoms with Crippen LogP contribution in [0.5, 0.6) is 0 Å². The van der Waals surface area contributed by atoms with Gasteiger partial charge in [0.05, 0.1) is 32.1 Å². The van der Waals surface area contributed by atoms with Crippen LogP contribution in [-0.2, 0) is 20.8 Å². The van der Waals surface area contributed by atoms with Gasteiger partial charge in [-0.2, -0.15) is 9.97 Å². The third kappa shape index (κ3) is 4.50. The second kappa shape index (κ2) is 10.2. The van der Waals surface area contributed by atoms with Crippen LogP contribution < -0.4 is 22.6 Å². The molecular formula is C22H25N13O8. The van der Waals surface area contributed by atoms with Crippen LogP contribution in [0.15, 0.2) is 28.4 Å². The standard InChI is InChI=1S/C22H25N13O8/c23-21-27-15-11(17(39)29-21)25-5-33(15)10-1-8(37)19(43-10)35-2-7(31-32-35)4-41-14-9(3-36)42-20(13(14)38)34-6-26-12-16(34)28-22(24)30-18(12)40/h2,5-6,8-10,13-14,19-20,36-38H,1,3-4H2,(H3,23,27,29,39)(H3,24,28,30,40)/t8-,9+,10+,13-,14+,19-,20+/m0/s1. The zero-order valence-corrected chi connectivity index (χ0v) is 22.0. The maximum absolute atomic E-state index is 12.1. The van der Waals surface area contributed by atoms with E-state index in [0.717, 1.165) is 0 Å². The fourth-order valence-corrected chi connectivity index (χ4v) is 5.32. The van der Waals surface area contributed by atoms with Crippen molar-refractivity contribution in [3.63, 3.8) is 0 Å². The van der Waals surface area contributed by atoms with Gasteiger partial charge in [-0.15, -0.1) is 5.10 Å². The van der Waals surface area contributed by atoms with Crippen LogP contribution in [0.4, 0.5) is 11.9 Å². The van der Waals surface area contributed by atoms with Crippen molar-refractivity contribution in [1.29, 1.82) is 0 Å². The summed E-state index contributed by atoms with van der Waals surface area (Å²) in [7, 11) is 0. The molecular weight excluding hydrogens is 574 g/mol. The average molecular weight is 600 g/mol. The summed E-state index contributed by atoms with van der Waals surface area (Å²) in [6, 6.07) is 0. The lowest BCUT2D eigenvalue weighted by molar-refractivity contribution is -0.0675. The van der Waals surface area contributed by atoms with E-state index in [0.29, 0.717) is 5.69 Å². The number of hydrogen-bond acceptors (Lipinski definition) is 16. The van der Waals surface area contributed by atoms with E-state index in [1.807, 2.05) is 0 Å². The molecule has 2 fully saturated rings. The van der Waals surface area contributed by atoms with Gasteiger partial charge >= 0.3 is 0 Å². The number of aromatic nitrogens is 11. The minimum absolute atomic E-state index is 0.000340. The van der Waals surface area contributed by atoms with Gasteiger partial charge in [0.1, 0.15) is 36.3 Å². The largest absolute Gasteiger partial charge is 0.394 e. The maximum atomic E-state index is 12.1. The first-order chi connectivity index (χ1) is 20.7. The molecule has 2 aliphatic heterocycles. The Kier molecular flexibility index (Phi) is 6.41. The Hall–Kier alpha value is -4.80. The molecule has 0 radical (unpaired) electrons. The van der Waals surface area contributed by atoms with Crippen LogP contribution in [-0.4, -0.2) is 100 Å². The SMILES string of the molecule is Nc1nc2c(ncn2[C@@H]2O[C@H](CO)[C@@H](OCc3cn([C@H]4O[C@@H](n5cnc6c(=O)[nH]c(N)nc65)C[C@@H]4O)nn3)[C@@H]2O)c(=O)[nH]1. The maximum Gasteiger partial charge on any atom is 0.280 e. The van der Waals surface area contributed by atoms with Gasteiger partial charge in [0.2, 0.25) is 11.9 Å². The summed E-state index contributed by atoms with van der Waals surface area (Å²) in [5.41, 5.74) is 11.0. The van der Waals surface area contributed by atoms with Gasteiger partial charge in [0.15, 0.2) is 34.8 Å². The molecule has 5 aromatic rings. The molecule has 21 heteroatoms. The Balaban J connectivity index is 1.05. The Bertz CT molecular complexity index is 1930. The number of nitrogens with one attached hydrogen (secondary N) is 2. The number of aliphatic hydroxyl groups is 3. The third-order valence-electron chi connectivity index (χ3n) is 7.29. The molecule has 21 nitrogen and oxygen atoms in total. The molecule has 0 spiro atoms. The minimum Gasteiger partial charge on any atom is -0.394 e. The number of aliphatic hydroxyl groups excluding tert-OH is 3. The number of aromatic amines is 2. The number of nitrogens with zero attached hydrogens (tertiary/aromatic N) is 9. The lowest BCUT2D eigenvalue weighted by Gasteiger charge is -2.19. The Morgan fingerprint density at radius 2 is 1.63 bits per heavy atom. The first kappa shape index (κ1) is 27.1. The van der Waals surface area contributed by atoms with Crippen LogP contribution >= 0.6 is 0 Å². The first-order valence-corrected chi connectivity index (χ1v) is 13.0. The third-order valence-corrected chi connectivity index (χ3v) is 7.29. The second-order valence-electron chi connectivity index (χ2n) is 10.0. The van der Waals surface area contributed by atoms with Crippen molar-refractivity contribution in [1.82, 2.24) is 54.0 Å². The van der Waals surface area contributed by atoms with Gasteiger partial charge in [0, 0.05) is 6.42 Å². The van der Waals surface area contributed by atoms with E-state index >= 15 is 0 Å². The average Bonchev–Trinajstić information content (AvgIpc) is 3.78. The number of fused-ring (bicyclic) bond motifs is 2. The molecule has 2 saturated heterocycles. The molecule has 7 atom stereocenters. The van der Waals surface area contributed by atoms with Crippen molar-refractivity contribution >= 4 is 34.2 Å². The van der Waals surface area contributed by atoms with Crippen LogP contribution in [0.25, 0.3) is 22.3 Å². The highest BCUT2D eigenvalue weighted by atomic mass is 16.6. The molecule has 9 N–H and O–H groups in total. The van der Waals surface area contributed by atoms with Crippen LogP contribution in [0.1, 0.15) is 30.8 Å². The van der Waals surface area contributed by atoms with Crippen LogP contribution in [0.2, 0.25) is 0 Å². The monoisotopic (exact) mass is 599 g/mol. The van der Waals surface area contributed by atoms with E-state index in [-0.39, 0.29) is 47.3 Å². The summed E-state index contributed by atoms with van der Waals surface area (Å²) in [5, 5.41) is 39.8. The van der Waals surface area contributed by atoms with E-state index in [1.165, 1.54) is 32.7 Å². The van der Waals surface area contributed by atoms with Gasteiger partial charge in [0.25, 0.3) is 11.1 Å². The van der Waals surface area contributed by atoms with Crippen molar-refractivity contribution < 1.29 is 29.5 Å². The molecule has 0 bridgehead atoms. The Morgan fingerprint density at radius 3 is 2.30 bits per heavy atom. The normalized spacial score (nSPS) is 27.6. The number of H-pyrrole nitrogens is 2. The van der Waals surface area contributed by atoms with E-state index in [4.69, 9.17) is 25.7 Å². The Morgan fingerprint density at radius 1 is 0.977 bits per heavy atom.